The van der Waals surface area contributed by atoms with E-state index in [0.29, 0.717) is 11.6 Å². The molecule has 12 aromatic rings. The molecule has 0 saturated heterocycles. The van der Waals surface area contributed by atoms with E-state index in [0.717, 1.165) is 111 Å². The van der Waals surface area contributed by atoms with Crippen molar-refractivity contribution in [1.82, 2.24) is 29.9 Å². The molecule has 0 aliphatic rings. The van der Waals surface area contributed by atoms with Crippen molar-refractivity contribution in [2.45, 2.75) is 0 Å². The van der Waals surface area contributed by atoms with Gasteiger partial charge in [0.2, 0.25) is 0 Å². The van der Waals surface area contributed by atoms with Crippen LogP contribution >= 0.6 is 0 Å². The summed E-state index contributed by atoms with van der Waals surface area (Å²) < 4.78 is 0. The lowest BCUT2D eigenvalue weighted by atomic mass is 9.98. The van der Waals surface area contributed by atoms with Gasteiger partial charge in [-0.15, -0.1) is 0 Å². The molecule has 0 fully saturated rings. The topological polar surface area (TPSA) is 77.3 Å². The van der Waals surface area contributed by atoms with E-state index in [1.807, 2.05) is 24.5 Å². The van der Waals surface area contributed by atoms with E-state index in [1.54, 1.807) is 0 Å². The Morgan fingerprint density at radius 1 is 0.250 bits per heavy atom. The van der Waals surface area contributed by atoms with Gasteiger partial charge in [0, 0.05) is 56.5 Å². The maximum atomic E-state index is 5.22. The van der Waals surface area contributed by atoms with Crippen LogP contribution in [0.4, 0.5) is 0 Å². The van der Waals surface area contributed by atoms with Crippen molar-refractivity contribution >= 4 is 43.4 Å². The SMILES string of the molecule is c1ccc2c(-c3nc(-c4ccc(-c5ccc(-c6cc(-c7cccc8cccnc78)nc(-c7cccc8ccccc78)n6)cc5)cc4)cc(-c4cccc5cccnc45)n3)cccc2c1. The van der Waals surface area contributed by atoms with Crippen LogP contribution in [-0.2, 0) is 0 Å². The summed E-state index contributed by atoms with van der Waals surface area (Å²) in [6, 6.07) is 71.4. The highest BCUT2D eigenvalue weighted by Crippen LogP contribution is 2.36. The van der Waals surface area contributed by atoms with Gasteiger partial charge in [-0.2, -0.15) is 0 Å². The number of nitrogens with zero attached hydrogens (tertiary/aromatic N) is 6. The number of hydrogen-bond donors (Lipinski definition) is 0. The Morgan fingerprint density at radius 3 is 1.05 bits per heavy atom. The van der Waals surface area contributed by atoms with Gasteiger partial charge in [0.15, 0.2) is 11.6 Å². The third kappa shape index (κ3) is 6.71. The molecule has 0 atom stereocenters. The Kier molecular flexibility index (Phi) is 9.05. The fourth-order valence-corrected chi connectivity index (χ4v) is 8.84. The number of pyridine rings is 2. The molecule has 0 aliphatic heterocycles. The molecule has 0 radical (unpaired) electrons. The average Bonchev–Trinajstić information content (AvgIpc) is 3.38. The van der Waals surface area contributed by atoms with Crippen molar-refractivity contribution in [3.63, 3.8) is 0 Å². The fourth-order valence-electron chi connectivity index (χ4n) is 8.84. The highest BCUT2D eigenvalue weighted by atomic mass is 14.9. The molecule has 4 heterocycles. The van der Waals surface area contributed by atoms with Gasteiger partial charge in [0.05, 0.1) is 33.8 Å². The van der Waals surface area contributed by atoms with E-state index in [4.69, 9.17) is 29.9 Å². The Hall–Kier alpha value is -8.74. The summed E-state index contributed by atoms with van der Waals surface area (Å²) in [5.41, 5.74) is 13.2. The first-order valence-corrected chi connectivity index (χ1v) is 21.3. The van der Waals surface area contributed by atoms with Crippen LogP contribution in [0.15, 0.2) is 219 Å². The van der Waals surface area contributed by atoms with Crippen molar-refractivity contribution in [2.24, 2.45) is 0 Å². The molecule has 4 aromatic heterocycles. The monoisotopic (exact) mass is 816 g/mol. The van der Waals surface area contributed by atoms with Gasteiger partial charge in [-0.25, -0.2) is 19.9 Å². The summed E-state index contributed by atoms with van der Waals surface area (Å²) in [6.07, 6.45) is 3.67. The van der Waals surface area contributed by atoms with Crippen molar-refractivity contribution in [1.29, 1.82) is 0 Å². The molecule has 0 saturated carbocycles. The van der Waals surface area contributed by atoms with Crippen molar-refractivity contribution in [2.75, 3.05) is 0 Å². The third-order valence-corrected chi connectivity index (χ3v) is 12.0. The van der Waals surface area contributed by atoms with Crippen LogP contribution in [0.2, 0.25) is 0 Å². The van der Waals surface area contributed by atoms with Crippen LogP contribution in [-0.4, -0.2) is 29.9 Å². The Morgan fingerprint density at radius 2 is 0.594 bits per heavy atom. The van der Waals surface area contributed by atoms with E-state index in [1.165, 1.54) is 0 Å². The summed E-state index contributed by atoms with van der Waals surface area (Å²) in [6.45, 7) is 0. The molecule has 0 unspecified atom stereocenters. The second kappa shape index (κ2) is 15.6. The number of rotatable bonds is 7. The van der Waals surface area contributed by atoms with Gasteiger partial charge in [-0.05, 0) is 56.9 Å². The normalized spacial score (nSPS) is 11.4. The average molecular weight is 817 g/mol. The first-order valence-electron chi connectivity index (χ1n) is 21.3. The van der Waals surface area contributed by atoms with E-state index >= 15 is 0 Å². The summed E-state index contributed by atoms with van der Waals surface area (Å²) in [4.78, 5) is 30.4. The predicted octanol–water partition coefficient (Wildman–Crippen LogP) is 14.3. The van der Waals surface area contributed by atoms with Crippen LogP contribution in [0.3, 0.4) is 0 Å². The van der Waals surface area contributed by atoms with Gasteiger partial charge in [0.25, 0.3) is 0 Å². The summed E-state index contributed by atoms with van der Waals surface area (Å²) >= 11 is 0. The number of benzene rings is 8. The van der Waals surface area contributed by atoms with Gasteiger partial charge < -0.3 is 0 Å². The molecule has 0 aliphatic carbocycles. The Bertz CT molecular complexity index is 3270. The smallest absolute Gasteiger partial charge is 0.161 e. The molecule has 0 bridgehead atoms. The van der Waals surface area contributed by atoms with Crippen molar-refractivity contribution < 1.29 is 0 Å². The summed E-state index contributed by atoms with van der Waals surface area (Å²) in [7, 11) is 0. The molecule has 0 amide bonds. The molecular weight excluding hydrogens is 781 g/mol. The third-order valence-electron chi connectivity index (χ3n) is 12.0. The molecule has 8 aromatic carbocycles. The lowest BCUT2D eigenvalue weighted by molar-refractivity contribution is 1.19. The predicted molar refractivity (Wildman–Crippen MR) is 261 cm³/mol. The van der Waals surface area contributed by atoms with Gasteiger partial charge >= 0.3 is 0 Å². The second-order valence-corrected chi connectivity index (χ2v) is 15.9. The van der Waals surface area contributed by atoms with Crippen LogP contribution in [0.1, 0.15) is 0 Å². The van der Waals surface area contributed by atoms with Gasteiger partial charge in [-0.3, -0.25) is 9.97 Å². The molecular formula is C58H36N6. The number of hydrogen-bond acceptors (Lipinski definition) is 6. The highest BCUT2D eigenvalue weighted by Gasteiger charge is 2.17. The highest BCUT2D eigenvalue weighted by molar-refractivity contribution is 5.99. The lowest BCUT2D eigenvalue weighted by Gasteiger charge is -2.13. The van der Waals surface area contributed by atoms with Crippen molar-refractivity contribution in [3.05, 3.63) is 219 Å². The minimum Gasteiger partial charge on any atom is -0.256 e. The maximum absolute atomic E-state index is 5.22. The molecule has 12 rings (SSSR count). The van der Waals surface area contributed by atoms with Crippen LogP contribution in [0.5, 0.6) is 0 Å². The quantitative estimate of drug-likeness (QED) is 0.159. The zero-order valence-corrected chi connectivity index (χ0v) is 34.5. The first kappa shape index (κ1) is 37.1. The zero-order valence-electron chi connectivity index (χ0n) is 34.5. The van der Waals surface area contributed by atoms with Crippen LogP contribution < -0.4 is 0 Å². The summed E-state index contributed by atoms with van der Waals surface area (Å²) in [5.74, 6) is 1.34. The number of fused-ring (bicyclic) bond motifs is 4. The Balaban J connectivity index is 0.925. The first-order chi connectivity index (χ1) is 31.7. The Labute approximate surface area is 369 Å². The minimum atomic E-state index is 0.671. The molecule has 0 N–H and O–H groups in total. The standard InChI is InChI=1S/C58H36N6/c1-3-19-45-39(11-1)13-5-21-47(45)57-61-51(35-53(63-57)49-23-7-15-43-17-9-33-59-55(43)49)41-29-25-37(26-30-41)38-27-31-42(32-28-38)52-36-54(50-24-8-16-44-18-10-34-60-56(44)50)64-58(62-52)48-22-6-14-40-12-2-4-20-46(40)48/h1-36H. The largest absolute Gasteiger partial charge is 0.256 e. The second-order valence-electron chi connectivity index (χ2n) is 15.9. The van der Waals surface area contributed by atoms with Crippen LogP contribution in [0, 0.1) is 0 Å². The fraction of sp³-hybridized carbons (Fsp3) is 0. The lowest BCUT2D eigenvalue weighted by Crippen LogP contribution is -1.97. The maximum Gasteiger partial charge on any atom is 0.161 e. The zero-order chi connectivity index (χ0) is 42.4. The molecule has 0 spiro atoms. The summed E-state index contributed by atoms with van der Waals surface area (Å²) in [5, 5.41) is 6.63. The number of aromatic nitrogens is 6. The van der Waals surface area contributed by atoms with E-state index in [9.17, 15) is 0 Å². The molecule has 6 nitrogen and oxygen atoms in total. The molecule has 298 valence electrons. The van der Waals surface area contributed by atoms with E-state index < -0.39 is 0 Å². The molecule has 64 heavy (non-hydrogen) atoms. The van der Waals surface area contributed by atoms with E-state index in [-0.39, 0.29) is 0 Å². The van der Waals surface area contributed by atoms with Crippen LogP contribution in [0.25, 0.3) is 122 Å². The van der Waals surface area contributed by atoms with Gasteiger partial charge in [-0.1, -0.05) is 182 Å². The molecule has 6 heteroatoms. The number of para-hydroxylation sites is 2. The van der Waals surface area contributed by atoms with E-state index in [2.05, 4.69) is 194 Å². The van der Waals surface area contributed by atoms with Crippen molar-refractivity contribution in [3.8, 4) is 78.9 Å². The van der Waals surface area contributed by atoms with Gasteiger partial charge in [0.1, 0.15) is 0 Å². The minimum absolute atomic E-state index is 0.671.